The molecule has 1 aliphatic rings. The Hall–Kier alpha value is -2.69. The lowest BCUT2D eigenvalue weighted by atomic mass is 9.89. The minimum Gasteiger partial charge on any atom is -0.342 e. The van der Waals surface area contributed by atoms with E-state index >= 15 is 0 Å². The minimum absolute atomic E-state index is 0.158. The van der Waals surface area contributed by atoms with Gasteiger partial charge in [-0.1, -0.05) is 19.3 Å². The van der Waals surface area contributed by atoms with Crippen LogP contribution in [0.15, 0.2) is 42.7 Å². The highest BCUT2D eigenvalue weighted by Gasteiger charge is 2.19. The topological polar surface area (TPSA) is 70.7 Å². The van der Waals surface area contributed by atoms with Crippen molar-refractivity contribution in [3.8, 4) is 0 Å². The SMILES string of the molecule is O=C(Nc1ccc2nc(C3CCCCC3)[nH]c2c1)c1cccnc1. The standard InChI is InChI=1S/C19H20N4O/c24-19(14-7-4-10-20-12-14)21-15-8-9-16-17(11-15)23-18(22-16)13-5-2-1-3-6-13/h4,7-13H,1-3,5-6H2,(H,21,24)(H,22,23). The third-order valence-corrected chi connectivity index (χ3v) is 4.67. The van der Waals surface area contributed by atoms with Crippen molar-refractivity contribution in [3.63, 3.8) is 0 Å². The molecule has 1 fully saturated rings. The molecule has 0 saturated heterocycles. The molecular weight excluding hydrogens is 300 g/mol. The molecule has 1 amide bonds. The van der Waals surface area contributed by atoms with E-state index in [9.17, 15) is 4.79 Å². The maximum Gasteiger partial charge on any atom is 0.257 e. The molecule has 0 spiro atoms. The number of nitrogens with one attached hydrogen (secondary N) is 2. The number of imidazole rings is 1. The van der Waals surface area contributed by atoms with Gasteiger partial charge in [-0.15, -0.1) is 0 Å². The zero-order valence-corrected chi connectivity index (χ0v) is 13.5. The first-order valence-corrected chi connectivity index (χ1v) is 8.50. The number of benzene rings is 1. The lowest BCUT2D eigenvalue weighted by molar-refractivity contribution is 0.102. The molecule has 0 radical (unpaired) electrons. The van der Waals surface area contributed by atoms with Gasteiger partial charge in [-0.3, -0.25) is 9.78 Å². The van der Waals surface area contributed by atoms with Gasteiger partial charge < -0.3 is 10.3 Å². The van der Waals surface area contributed by atoms with Gasteiger partial charge in [0.05, 0.1) is 16.6 Å². The normalized spacial score (nSPS) is 15.5. The quantitative estimate of drug-likeness (QED) is 0.757. The summed E-state index contributed by atoms with van der Waals surface area (Å²) in [7, 11) is 0. The number of hydrogen-bond acceptors (Lipinski definition) is 3. The lowest BCUT2D eigenvalue weighted by Gasteiger charge is -2.18. The van der Waals surface area contributed by atoms with Crippen molar-refractivity contribution in [3.05, 3.63) is 54.1 Å². The molecule has 2 heterocycles. The van der Waals surface area contributed by atoms with Crippen LogP contribution in [0.4, 0.5) is 5.69 Å². The van der Waals surface area contributed by atoms with Gasteiger partial charge >= 0.3 is 0 Å². The number of aromatic nitrogens is 3. The summed E-state index contributed by atoms with van der Waals surface area (Å²) < 4.78 is 0. The summed E-state index contributed by atoms with van der Waals surface area (Å²) >= 11 is 0. The van der Waals surface area contributed by atoms with Crippen molar-refractivity contribution in [2.75, 3.05) is 5.32 Å². The summed E-state index contributed by atoms with van der Waals surface area (Å²) in [5.74, 6) is 1.47. The predicted octanol–water partition coefficient (Wildman–Crippen LogP) is 4.26. The number of H-pyrrole nitrogens is 1. The number of hydrogen-bond donors (Lipinski definition) is 2. The maximum absolute atomic E-state index is 12.2. The first kappa shape index (κ1) is 14.9. The van der Waals surface area contributed by atoms with E-state index in [0.29, 0.717) is 11.5 Å². The fourth-order valence-electron chi connectivity index (χ4n) is 3.38. The fourth-order valence-corrected chi connectivity index (χ4v) is 3.38. The van der Waals surface area contributed by atoms with Crippen molar-refractivity contribution in [1.29, 1.82) is 0 Å². The van der Waals surface area contributed by atoms with Crippen LogP contribution < -0.4 is 5.32 Å². The number of pyridine rings is 1. The van der Waals surface area contributed by atoms with Gasteiger partial charge in [0.2, 0.25) is 0 Å². The number of aromatic amines is 1. The molecule has 24 heavy (non-hydrogen) atoms. The number of carbonyl (C=O) groups is 1. The van der Waals surface area contributed by atoms with Crippen molar-refractivity contribution in [2.24, 2.45) is 0 Å². The van der Waals surface area contributed by atoms with E-state index in [1.54, 1.807) is 24.5 Å². The average Bonchev–Trinajstić information content (AvgIpc) is 3.06. The molecular formula is C19H20N4O. The average molecular weight is 320 g/mol. The second kappa shape index (κ2) is 6.43. The van der Waals surface area contributed by atoms with Gasteiger partial charge in [-0.05, 0) is 43.2 Å². The van der Waals surface area contributed by atoms with Crippen LogP contribution in [0.3, 0.4) is 0 Å². The van der Waals surface area contributed by atoms with Crippen LogP contribution in [0.1, 0.15) is 54.2 Å². The second-order valence-corrected chi connectivity index (χ2v) is 6.38. The summed E-state index contributed by atoms with van der Waals surface area (Å²) in [6.45, 7) is 0. The molecule has 0 bridgehead atoms. The van der Waals surface area contributed by atoms with E-state index in [0.717, 1.165) is 22.5 Å². The van der Waals surface area contributed by atoms with Crippen LogP contribution in [-0.2, 0) is 0 Å². The number of carbonyl (C=O) groups excluding carboxylic acids is 1. The van der Waals surface area contributed by atoms with Crippen LogP contribution in [0.2, 0.25) is 0 Å². The zero-order chi connectivity index (χ0) is 16.4. The number of anilines is 1. The van der Waals surface area contributed by atoms with E-state index in [-0.39, 0.29) is 5.91 Å². The smallest absolute Gasteiger partial charge is 0.257 e. The number of rotatable bonds is 3. The van der Waals surface area contributed by atoms with E-state index in [4.69, 9.17) is 4.98 Å². The molecule has 2 N–H and O–H groups in total. The molecule has 1 aromatic carbocycles. The zero-order valence-electron chi connectivity index (χ0n) is 13.5. The maximum atomic E-state index is 12.2. The summed E-state index contributed by atoms with van der Waals surface area (Å²) in [5, 5.41) is 2.91. The predicted molar refractivity (Wildman–Crippen MR) is 94.1 cm³/mol. The van der Waals surface area contributed by atoms with Gasteiger partial charge in [-0.2, -0.15) is 0 Å². The molecule has 1 aliphatic carbocycles. The van der Waals surface area contributed by atoms with Crippen LogP contribution in [0.5, 0.6) is 0 Å². The Morgan fingerprint density at radius 3 is 2.83 bits per heavy atom. The molecule has 0 atom stereocenters. The van der Waals surface area contributed by atoms with Gasteiger partial charge in [0.25, 0.3) is 5.91 Å². The van der Waals surface area contributed by atoms with Crippen molar-refractivity contribution in [2.45, 2.75) is 38.0 Å². The van der Waals surface area contributed by atoms with Crippen LogP contribution in [0.25, 0.3) is 11.0 Å². The lowest BCUT2D eigenvalue weighted by Crippen LogP contribution is -2.11. The first-order valence-electron chi connectivity index (χ1n) is 8.50. The molecule has 0 unspecified atom stereocenters. The first-order chi connectivity index (χ1) is 11.8. The van der Waals surface area contributed by atoms with Crippen molar-refractivity contribution in [1.82, 2.24) is 15.0 Å². The number of fused-ring (bicyclic) bond motifs is 1. The van der Waals surface area contributed by atoms with E-state index < -0.39 is 0 Å². The molecule has 3 aromatic rings. The Morgan fingerprint density at radius 2 is 2.04 bits per heavy atom. The third kappa shape index (κ3) is 3.02. The van der Waals surface area contributed by atoms with Crippen molar-refractivity contribution >= 4 is 22.6 Å². The molecule has 122 valence electrons. The Bertz CT molecular complexity index is 850. The number of nitrogens with zero attached hydrogens (tertiary/aromatic N) is 2. The second-order valence-electron chi connectivity index (χ2n) is 6.38. The Kier molecular flexibility index (Phi) is 3.99. The highest BCUT2D eigenvalue weighted by atomic mass is 16.1. The largest absolute Gasteiger partial charge is 0.342 e. The molecule has 2 aromatic heterocycles. The minimum atomic E-state index is -0.158. The van der Waals surface area contributed by atoms with Gasteiger partial charge in [0.15, 0.2) is 0 Å². The van der Waals surface area contributed by atoms with E-state index in [1.165, 1.54) is 32.1 Å². The highest BCUT2D eigenvalue weighted by Crippen LogP contribution is 2.32. The fraction of sp³-hybridized carbons (Fsp3) is 0.316. The van der Waals surface area contributed by atoms with Crippen LogP contribution >= 0.6 is 0 Å². The van der Waals surface area contributed by atoms with Crippen molar-refractivity contribution < 1.29 is 4.79 Å². The Balaban J connectivity index is 1.55. The monoisotopic (exact) mass is 320 g/mol. The number of amides is 1. The molecule has 0 aliphatic heterocycles. The molecule has 4 rings (SSSR count). The Morgan fingerprint density at radius 1 is 1.17 bits per heavy atom. The summed E-state index contributed by atoms with van der Waals surface area (Å²) in [4.78, 5) is 24.4. The van der Waals surface area contributed by atoms with E-state index in [2.05, 4.69) is 15.3 Å². The summed E-state index contributed by atoms with van der Waals surface area (Å²) in [6.07, 6.45) is 9.55. The van der Waals surface area contributed by atoms with Crippen LogP contribution in [-0.4, -0.2) is 20.9 Å². The molecule has 1 saturated carbocycles. The summed E-state index contributed by atoms with van der Waals surface area (Å²) in [5.41, 5.74) is 3.23. The van der Waals surface area contributed by atoms with Gasteiger partial charge in [0, 0.05) is 24.0 Å². The van der Waals surface area contributed by atoms with Gasteiger partial charge in [0.1, 0.15) is 5.82 Å². The van der Waals surface area contributed by atoms with Gasteiger partial charge in [-0.25, -0.2) is 4.98 Å². The third-order valence-electron chi connectivity index (χ3n) is 4.67. The Labute approximate surface area is 140 Å². The molecule has 5 heteroatoms. The highest BCUT2D eigenvalue weighted by molar-refractivity contribution is 6.04. The van der Waals surface area contributed by atoms with E-state index in [1.807, 2.05) is 18.2 Å². The molecule has 5 nitrogen and oxygen atoms in total. The summed E-state index contributed by atoms with van der Waals surface area (Å²) in [6, 6.07) is 9.30. The van der Waals surface area contributed by atoms with Crippen LogP contribution in [0, 0.1) is 0 Å².